The average Bonchev–Trinajstić information content (AvgIpc) is 2.98. The Hall–Kier alpha value is -2.42. The zero-order valence-electron chi connectivity index (χ0n) is 15.1. The zero-order valence-corrected chi connectivity index (χ0v) is 15.9. The lowest BCUT2D eigenvalue weighted by atomic mass is 9.98. The third kappa shape index (κ3) is 3.31. The Morgan fingerprint density at radius 1 is 1.07 bits per heavy atom. The van der Waals surface area contributed by atoms with E-state index in [0.717, 1.165) is 31.7 Å². The molecule has 0 radical (unpaired) electrons. The second-order valence-electron chi connectivity index (χ2n) is 7.06. The molecule has 142 valence electrons. The normalized spacial score (nSPS) is 20.4. The monoisotopic (exact) mass is 386 g/mol. The summed E-state index contributed by atoms with van der Waals surface area (Å²) in [6.45, 7) is 3.19. The van der Waals surface area contributed by atoms with Crippen molar-refractivity contribution in [2.45, 2.75) is 10.9 Å². The summed E-state index contributed by atoms with van der Waals surface area (Å²) < 4.78 is 24.6. The van der Waals surface area contributed by atoms with E-state index in [4.69, 9.17) is 5.14 Å². The molecule has 0 spiro atoms. The van der Waals surface area contributed by atoms with Gasteiger partial charge in [0.25, 0.3) is 5.91 Å². The van der Waals surface area contributed by atoms with Crippen molar-refractivity contribution in [3.05, 3.63) is 59.2 Å². The van der Waals surface area contributed by atoms with Crippen LogP contribution < -0.4 is 15.4 Å². The summed E-state index contributed by atoms with van der Waals surface area (Å²) in [4.78, 5) is 16.6. The minimum atomic E-state index is -3.91. The molecule has 1 unspecified atom stereocenters. The number of hydrogen-bond donors (Lipinski definition) is 2. The lowest BCUT2D eigenvalue weighted by Gasteiger charge is -2.35. The van der Waals surface area contributed by atoms with Crippen LogP contribution in [-0.2, 0) is 10.0 Å². The molecule has 1 amide bonds. The number of likely N-dealkylation sites (N-methyl/N-ethyl adjacent to an activating group) is 1. The Morgan fingerprint density at radius 3 is 2.48 bits per heavy atom. The number of amides is 1. The summed E-state index contributed by atoms with van der Waals surface area (Å²) in [7, 11) is -1.86. The van der Waals surface area contributed by atoms with E-state index in [1.54, 1.807) is 18.2 Å². The van der Waals surface area contributed by atoms with Crippen molar-refractivity contribution in [1.29, 1.82) is 0 Å². The van der Waals surface area contributed by atoms with Gasteiger partial charge in [-0.15, -0.1) is 0 Å². The van der Waals surface area contributed by atoms with Gasteiger partial charge in [0.1, 0.15) is 4.90 Å². The quantitative estimate of drug-likeness (QED) is 0.818. The van der Waals surface area contributed by atoms with Gasteiger partial charge in [0.2, 0.25) is 10.0 Å². The predicted octanol–water partition coefficient (Wildman–Crippen LogP) is 0.919. The van der Waals surface area contributed by atoms with E-state index >= 15 is 0 Å². The number of nitrogens with zero attached hydrogens (tertiary/aromatic N) is 2. The number of fused-ring (bicyclic) bond motifs is 1. The van der Waals surface area contributed by atoms with Crippen LogP contribution in [0.15, 0.2) is 47.4 Å². The number of nitrogens with two attached hydrogens (primary N) is 1. The smallest absolute Gasteiger partial charge is 0.252 e. The molecule has 1 saturated heterocycles. The van der Waals surface area contributed by atoms with Crippen molar-refractivity contribution in [3.63, 3.8) is 0 Å². The fourth-order valence-electron chi connectivity index (χ4n) is 3.75. The first-order chi connectivity index (χ1) is 12.8. The number of carbonyl (C=O) groups excluding carboxylic acids is 1. The van der Waals surface area contributed by atoms with Gasteiger partial charge >= 0.3 is 0 Å². The zero-order chi connectivity index (χ0) is 19.2. The second kappa shape index (κ2) is 6.63. The molecule has 1 atom stereocenters. The molecule has 3 N–H and O–H groups in total. The fraction of sp³-hybridized carbons (Fsp3) is 0.316. The molecular formula is C19H22N4O3S. The number of carbonyl (C=O) groups is 1. The van der Waals surface area contributed by atoms with Gasteiger partial charge in [0.15, 0.2) is 0 Å². The first-order valence-corrected chi connectivity index (χ1v) is 10.4. The Morgan fingerprint density at radius 2 is 1.78 bits per heavy atom. The molecule has 2 heterocycles. The van der Waals surface area contributed by atoms with E-state index in [1.807, 2.05) is 36.2 Å². The standard InChI is InChI=1S/C19H22N4O3S/c1-22-8-10-23(11-9-22)16-7-6-13(12-17(16)27(20,25)26)18-14-4-2-3-5-15(14)19(24)21-18/h2-7,12,18H,8-11H2,1H3,(H,21,24)(H2,20,25,26). The van der Waals surface area contributed by atoms with Crippen LogP contribution in [0.5, 0.6) is 0 Å². The fourth-order valence-corrected chi connectivity index (χ4v) is 4.54. The Balaban J connectivity index is 1.76. The maximum Gasteiger partial charge on any atom is 0.252 e. The summed E-state index contributed by atoms with van der Waals surface area (Å²) in [6.07, 6.45) is 0. The van der Waals surface area contributed by atoms with E-state index in [2.05, 4.69) is 10.2 Å². The number of sulfonamides is 1. The van der Waals surface area contributed by atoms with E-state index in [-0.39, 0.29) is 16.8 Å². The number of primary sulfonamides is 1. The molecule has 0 aromatic heterocycles. The number of rotatable bonds is 3. The summed E-state index contributed by atoms with van der Waals surface area (Å²) >= 11 is 0. The van der Waals surface area contributed by atoms with Crippen molar-refractivity contribution in [3.8, 4) is 0 Å². The van der Waals surface area contributed by atoms with Crippen LogP contribution in [-0.4, -0.2) is 52.5 Å². The van der Waals surface area contributed by atoms with Gasteiger partial charge in [-0.05, 0) is 36.4 Å². The molecule has 27 heavy (non-hydrogen) atoms. The first kappa shape index (κ1) is 18.0. The van der Waals surface area contributed by atoms with Gasteiger partial charge in [-0.3, -0.25) is 4.79 Å². The number of nitrogens with one attached hydrogen (secondary N) is 1. The molecule has 4 rings (SSSR count). The molecule has 7 nitrogen and oxygen atoms in total. The number of hydrogen-bond acceptors (Lipinski definition) is 5. The Kier molecular flexibility index (Phi) is 4.41. The Bertz CT molecular complexity index is 998. The van der Waals surface area contributed by atoms with Crippen LogP contribution in [0.1, 0.15) is 27.5 Å². The van der Waals surface area contributed by atoms with E-state index in [0.29, 0.717) is 16.8 Å². The molecule has 2 aliphatic heterocycles. The lowest BCUT2D eigenvalue weighted by molar-refractivity contribution is 0.0960. The van der Waals surface area contributed by atoms with Gasteiger partial charge < -0.3 is 15.1 Å². The highest BCUT2D eigenvalue weighted by Crippen LogP contribution is 2.34. The molecule has 8 heteroatoms. The lowest BCUT2D eigenvalue weighted by Crippen LogP contribution is -2.45. The molecular weight excluding hydrogens is 364 g/mol. The van der Waals surface area contributed by atoms with Crippen molar-refractivity contribution in [2.24, 2.45) is 5.14 Å². The van der Waals surface area contributed by atoms with Crippen LogP contribution in [0.25, 0.3) is 0 Å². The summed E-state index contributed by atoms with van der Waals surface area (Å²) in [5.41, 5.74) is 2.78. The second-order valence-corrected chi connectivity index (χ2v) is 8.59. The van der Waals surface area contributed by atoms with Gasteiger partial charge in [-0.2, -0.15) is 0 Å². The van der Waals surface area contributed by atoms with Crippen molar-refractivity contribution >= 4 is 21.6 Å². The number of anilines is 1. The van der Waals surface area contributed by atoms with E-state index < -0.39 is 10.0 Å². The van der Waals surface area contributed by atoms with Crippen molar-refractivity contribution in [2.75, 3.05) is 38.1 Å². The number of piperazine rings is 1. The molecule has 1 fully saturated rings. The van der Waals surface area contributed by atoms with Gasteiger partial charge in [0, 0.05) is 31.7 Å². The molecule has 2 aromatic rings. The third-order valence-electron chi connectivity index (χ3n) is 5.26. The summed E-state index contributed by atoms with van der Waals surface area (Å²) in [5, 5.41) is 8.45. The minimum absolute atomic E-state index is 0.100. The minimum Gasteiger partial charge on any atom is -0.368 e. The Labute approximate surface area is 158 Å². The largest absolute Gasteiger partial charge is 0.368 e. The third-order valence-corrected chi connectivity index (χ3v) is 6.20. The molecule has 2 aliphatic rings. The highest BCUT2D eigenvalue weighted by molar-refractivity contribution is 7.89. The first-order valence-electron chi connectivity index (χ1n) is 8.84. The van der Waals surface area contributed by atoms with Crippen molar-refractivity contribution in [1.82, 2.24) is 10.2 Å². The van der Waals surface area contributed by atoms with Crippen LogP contribution in [0, 0.1) is 0 Å². The van der Waals surface area contributed by atoms with Gasteiger partial charge in [-0.1, -0.05) is 24.3 Å². The molecule has 0 aliphatic carbocycles. The highest BCUT2D eigenvalue weighted by Gasteiger charge is 2.31. The van der Waals surface area contributed by atoms with Crippen LogP contribution in [0.2, 0.25) is 0 Å². The average molecular weight is 386 g/mol. The van der Waals surface area contributed by atoms with E-state index in [9.17, 15) is 13.2 Å². The maximum absolute atomic E-state index is 12.3. The topological polar surface area (TPSA) is 95.7 Å². The van der Waals surface area contributed by atoms with Crippen molar-refractivity contribution < 1.29 is 13.2 Å². The van der Waals surface area contributed by atoms with Crippen LogP contribution >= 0.6 is 0 Å². The summed E-state index contributed by atoms with van der Waals surface area (Å²) in [5.74, 6) is -0.157. The maximum atomic E-state index is 12.3. The van der Waals surface area contributed by atoms with Crippen LogP contribution in [0.4, 0.5) is 5.69 Å². The molecule has 0 saturated carbocycles. The predicted molar refractivity (Wildman–Crippen MR) is 103 cm³/mol. The number of benzene rings is 2. The van der Waals surface area contributed by atoms with E-state index in [1.165, 1.54) is 0 Å². The summed E-state index contributed by atoms with van der Waals surface area (Å²) in [6, 6.07) is 12.2. The van der Waals surface area contributed by atoms with Gasteiger partial charge in [0.05, 0.1) is 11.7 Å². The SMILES string of the molecule is CN1CCN(c2ccc(C3NC(=O)c4ccccc43)cc2S(N)(=O)=O)CC1. The van der Waals surface area contributed by atoms with Crippen LogP contribution in [0.3, 0.4) is 0 Å². The highest BCUT2D eigenvalue weighted by atomic mass is 32.2. The molecule has 0 bridgehead atoms. The van der Waals surface area contributed by atoms with Gasteiger partial charge in [-0.25, -0.2) is 13.6 Å². The molecule has 2 aromatic carbocycles.